The average Bonchev–Trinajstić information content (AvgIpc) is 2.07. The van der Waals surface area contributed by atoms with Crippen LogP contribution in [-0.2, 0) is 13.8 Å². The van der Waals surface area contributed by atoms with Crippen LogP contribution in [0.4, 0.5) is 10.1 Å². The monoisotopic (exact) mass is 265 g/mol. The van der Waals surface area contributed by atoms with Gasteiger partial charge in [0.05, 0.1) is 0 Å². The minimum atomic E-state index is -4.12. The maximum absolute atomic E-state index is 13.4. The highest BCUT2D eigenvalue weighted by atomic mass is 35.7. The Labute approximate surface area is 96.8 Å². The van der Waals surface area contributed by atoms with Gasteiger partial charge in [-0.25, -0.2) is 12.8 Å². The van der Waals surface area contributed by atoms with Gasteiger partial charge in [-0.05, 0) is 24.6 Å². The summed E-state index contributed by atoms with van der Waals surface area (Å²) in [5, 5.41) is 2.38. The van der Waals surface area contributed by atoms with Gasteiger partial charge in [0.2, 0.25) is 5.91 Å². The number of aryl methyl sites for hydroxylation is 1. The van der Waals surface area contributed by atoms with Gasteiger partial charge in [0.25, 0.3) is 9.05 Å². The van der Waals surface area contributed by atoms with E-state index in [9.17, 15) is 17.6 Å². The maximum Gasteiger partial charge on any atom is 0.264 e. The number of benzene rings is 1. The average molecular weight is 266 g/mol. The minimum absolute atomic E-state index is 0.217. The molecule has 1 aromatic rings. The molecule has 16 heavy (non-hydrogen) atoms. The molecule has 0 saturated carbocycles. The van der Waals surface area contributed by atoms with Gasteiger partial charge in [-0.1, -0.05) is 0 Å². The Morgan fingerprint density at radius 3 is 2.44 bits per heavy atom. The molecular formula is C9H9ClFNO3S. The van der Waals surface area contributed by atoms with Crippen molar-refractivity contribution in [3.63, 3.8) is 0 Å². The van der Waals surface area contributed by atoms with E-state index in [0.29, 0.717) is 5.56 Å². The minimum Gasteiger partial charge on any atom is -0.326 e. The molecule has 0 spiro atoms. The number of hydrogen-bond donors (Lipinski definition) is 1. The van der Waals surface area contributed by atoms with Gasteiger partial charge in [-0.15, -0.1) is 0 Å². The predicted molar refractivity (Wildman–Crippen MR) is 58.5 cm³/mol. The molecule has 1 N–H and O–H groups in total. The molecule has 4 nitrogen and oxygen atoms in total. The van der Waals surface area contributed by atoms with Crippen LogP contribution in [0.2, 0.25) is 0 Å². The van der Waals surface area contributed by atoms with E-state index >= 15 is 0 Å². The Morgan fingerprint density at radius 1 is 1.44 bits per heavy atom. The lowest BCUT2D eigenvalue weighted by molar-refractivity contribution is -0.114. The molecule has 0 aromatic heterocycles. The highest BCUT2D eigenvalue weighted by Crippen LogP contribution is 2.25. The molecule has 0 radical (unpaired) electrons. The molecule has 88 valence electrons. The summed E-state index contributed by atoms with van der Waals surface area (Å²) in [5.74, 6) is -1.37. The lowest BCUT2D eigenvalue weighted by atomic mass is 10.2. The van der Waals surface area contributed by atoms with Crippen LogP contribution in [0.25, 0.3) is 0 Å². The fourth-order valence-corrected chi connectivity index (χ4v) is 2.13. The Morgan fingerprint density at radius 2 is 2.00 bits per heavy atom. The van der Waals surface area contributed by atoms with Gasteiger partial charge in [-0.3, -0.25) is 4.79 Å². The number of hydrogen-bond acceptors (Lipinski definition) is 3. The number of halogens is 2. The second-order valence-corrected chi connectivity index (χ2v) is 5.75. The molecule has 0 aliphatic heterocycles. The Bertz CT molecular complexity index is 542. The highest BCUT2D eigenvalue weighted by Gasteiger charge is 2.18. The van der Waals surface area contributed by atoms with Crippen molar-refractivity contribution in [3.8, 4) is 0 Å². The van der Waals surface area contributed by atoms with Crippen molar-refractivity contribution in [2.45, 2.75) is 18.7 Å². The largest absolute Gasteiger partial charge is 0.326 e. The van der Waals surface area contributed by atoms with Crippen molar-refractivity contribution >= 4 is 31.3 Å². The summed E-state index contributed by atoms with van der Waals surface area (Å²) in [6.45, 7) is 2.81. The van der Waals surface area contributed by atoms with Crippen molar-refractivity contribution in [1.29, 1.82) is 0 Å². The van der Waals surface area contributed by atoms with Crippen LogP contribution >= 0.6 is 10.7 Å². The second kappa shape index (κ2) is 4.39. The van der Waals surface area contributed by atoms with Gasteiger partial charge in [0, 0.05) is 23.3 Å². The number of amides is 1. The highest BCUT2D eigenvalue weighted by molar-refractivity contribution is 8.13. The summed E-state index contributed by atoms with van der Waals surface area (Å²) in [4.78, 5) is 10.2. The molecular weight excluding hydrogens is 257 g/mol. The van der Waals surface area contributed by atoms with E-state index < -0.39 is 19.8 Å². The molecule has 0 bridgehead atoms. The number of rotatable bonds is 2. The van der Waals surface area contributed by atoms with Crippen LogP contribution < -0.4 is 5.32 Å². The van der Waals surface area contributed by atoms with Gasteiger partial charge in [-0.2, -0.15) is 0 Å². The van der Waals surface area contributed by atoms with Gasteiger partial charge in [0.15, 0.2) is 0 Å². The van der Waals surface area contributed by atoms with E-state index in [0.717, 1.165) is 12.1 Å². The molecule has 1 aromatic carbocycles. The molecule has 1 rings (SSSR count). The zero-order valence-electron chi connectivity index (χ0n) is 8.54. The quantitative estimate of drug-likeness (QED) is 0.832. The van der Waals surface area contributed by atoms with Crippen LogP contribution in [0.1, 0.15) is 12.5 Å². The molecule has 0 heterocycles. The molecule has 1 amide bonds. The summed E-state index contributed by atoms with van der Waals surface area (Å²) in [7, 11) is 0.922. The number of anilines is 1. The molecule has 0 aliphatic rings. The van der Waals surface area contributed by atoms with E-state index in [-0.39, 0.29) is 11.6 Å². The third-order valence-corrected chi connectivity index (χ3v) is 3.19. The third-order valence-electron chi connectivity index (χ3n) is 1.85. The number of carbonyl (C=O) groups is 1. The Hall–Kier alpha value is -1.14. The molecule has 0 fully saturated rings. The van der Waals surface area contributed by atoms with Crippen molar-refractivity contribution < 1.29 is 17.6 Å². The lowest BCUT2D eigenvalue weighted by Gasteiger charge is -2.08. The van der Waals surface area contributed by atoms with Crippen LogP contribution in [0.5, 0.6) is 0 Å². The first-order chi connectivity index (χ1) is 7.21. The van der Waals surface area contributed by atoms with Crippen molar-refractivity contribution in [2.75, 3.05) is 5.32 Å². The zero-order valence-corrected chi connectivity index (χ0v) is 10.1. The fraction of sp³-hybridized carbons (Fsp3) is 0.222. The standard InChI is InChI=1S/C9H9ClFNO3S/c1-5-3-9(16(10,14)15)7(11)4-8(5)12-6(2)13/h3-4H,1-2H3,(H,12,13). The molecule has 0 unspecified atom stereocenters. The van der Waals surface area contributed by atoms with Crippen LogP contribution in [-0.4, -0.2) is 14.3 Å². The first kappa shape index (κ1) is 12.9. The molecule has 0 saturated heterocycles. The van der Waals surface area contributed by atoms with E-state index in [1.54, 1.807) is 0 Å². The fourth-order valence-electron chi connectivity index (χ4n) is 1.17. The summed E-state index contributed by atoms with van der Waals surface area (Å²) in [6.07, 6.45) is 0. The topological polar surface area (TPSA) is 63.2 Å². The Balaban J connectivity index is 3.33. The molecule has 0 aliphatic carbocycles. The van der Waals surface area contributed by atoms with Gasteiger partial charge < -0.3 is 5.32 Å². The lowest BCUT2D eigenvalue weighted by Crippen LogP contribution is -2.08. The zero-order chi connectivity index (χ0) is 12.5. The van der Waals surface area contributed by atoms with Crippen molar-refractivity contribution in [3.05, 3.63) is 23.5 Å². The van der Waals surface area contributed by atoms with E-state index in [1.807, 2.05) is 0 Å². The summed E-state index contributed by atoms with van der Waals surface area (Å²) < 4.78 is 35.3. The van der Waals surface area contributed by atoms with E-state index in [4.69, 9.17) is 10.7 Å². The summed E-state index contributed by atoms with van der Waals surface area (Å²) in [6, 6.07) is 1.99. The second-order valence-electron chi connectivity index (χ2n) is 3.22. The van der Waals surface area contributed by atoms with Crippen molar-refractivity contribution in [2.24, 2.45) is 0 Å². The third kappa shape index (κ3) is 2.93. The van der Waals surface area contributed by atoms with Crippen LogP contribution in [0.15, 0.2) is 17.0 Å². The first-order valence-corrected chi connectivity index (χ1v) is 6.55. The van der Waals surface area contributed by atoms with Gasteiger partial charge >= 0.3 is 0 Å². The van der Waals surface area contributed by atoms with Crippen molar-refractivity contribution in [1.82, 2.24) is 0 Å². The van der Waals surface area contributed by atoms with E-state index in [2.05, 4.69) is 5.32 Å². The van der Waals surface area contributed by atoms with Crippen LogP contribution in [0.3, 0.4) is 0 Å². The summed E-state index contributed by atoms with van der Waals surface area (Å²) >= 11 is 0. The molecule has 7 heteroatoms. The molecule has 0 atom stereocenters. The smallest absolute Gasteiger partial charge is 0.264 e. The van der Waals surface area contributed by atoms with Crippen LogP contribution in [0, 0.1) is 12.7 Å². The SMILES string of the molecule is CC(=O)Nc1cc(F)c(S(=O)(=O)Cl)cc1C. The van der Waals surface area contributed by atoms with Gasteiger partial charge in [0.1, 0.15) is 10.7 Å². The normalized spacial score (nSPS) is 11.2. The number of nitrogens with one attached hydrogen (secondary N) is 1. The van der Waals surface area contributed by atoms with E-state index in [1.165, 1.54) is 13.8 Å². The maximum atomic E-state index is 13.4. The predicted octanol–water partition coefficient (Wildman–Crippen LogP) is 2.02. The Kier molecular flexibility index (Phi) is 3.54. The first-order valence-electron chi connectivity index (χ1n) is 4.24. The number of carbonyl (C=O) groups excluding carboxylic acids is 1. The summed E-state index contributed by atoms with van der Waals surface area (Å²) in [5.41, 5.74) is 0.630.